The summed E-state index contributed by atoms with van der Waals surface area (Å²) in [4.78, 5) is 63.5. The van der Waals surface area contributed by atoms with Crippen LogP contribution in [-0.2, 0) is 28.7 Å². The summed E-state index contributed by atoms with van der Waals surface area (Å²) in [6.45, 7) is 5.18. The number of likely N-dealkylation sites (tertiary alicyclic amines) is 2. The Hall–Kier alpha value is -2.49. The second-order valence-electron chi connectivity index (χ2n) is 7.64. The summed E-state index contributed by atoms with van der Waals surface area (Å²) < 4.78 is 5.33. The number of rotatable bonds is 10. The fourth-order valence-electron chi connectivity index (χ4n) is 3.93. The van der Waals surface area contributed by atoms with Gasteiger partial charge in [-0.15, -0.1) is 0 Å². The number of hydrogen-bond donors (Lipinski definition) is 2. The topological polar surface area (TPSA) is 133 Å². The number of carbonyl (C=O) groups excluding carboxylic acids is 4. The lowest BCUT2D eigenvalue weighted by molar-refractivity contribution is -0.152. The Morgan fingerprint density at radius 3 is 2.47 bits per heavy atom. The molecule has 10 nitrogen and oxygen atoms in total. The lowest BCUT2D eigenvalue weighted by Crippen LogP contribution is -2.52. The predicted octanol–water partition coefficient (Wildman–Crippen LogP) is -0.0565. The van der Waals surface area contributed by atoms with Crippen molar-refractivity contribution in [2.75, 3.05) is 26.2 Å². The number of ketones is 1. The first-order valence-corrected chi connectivity index (χ1v) is 10.5. The molecule has 2 aliphatic heterocycles. The second kappa shape index (κ2) is 11.1. The number of carboxylic acid groups (broad SMARTS) is 1. The average Bonchev–Trinajstić information content (AvgIpc) is 3.36. The molecule has 0 saturated carbocycles. The quantitative estimate of drug-likeness (QED) is 0.465. The van der Waals surface area contributed by atoms with E-state index < -0.39 is 30.0 Å². The van der Waals surface area contributed by atoms with E-state index in [9.17, 15) is 24.0 Å². The molecule has 2 rings (SSSR count). The second-order valence-corrected chi connectivity index (χ2v) is 7.64. The van der Waals surface area contributed by atoms with Gasteiger partial charge in [0.2, 0.25) is 11.8 Å². The molecule has 0 aromatic carbocycles. The van der Waals surface area contributed by atoms with Gasteiger partial charge in [-0.1, -0.05) is 13.8 Å². The third kappa shape index (κ3) is 6.25. The van der Waals surface area contributed by atoms with Gasteiger partial charge in [0.1, 0.15) is 12.1 Å². The van der Waals surface area contributed by atoms with Crippen LogP contribution < -0.4 is 5.32 Å². The Kier molecular flexibility index (Phi) is 8.76. The summed E-state index contributed by atoms with van der Waals surface area (Å²) in [5.74, 6) is -2.53. The van der Waals surface area contributed by atoms with Crippen molar-refractivity contribution in [3.8, 4) is 0 Å². The molecule has 168 valence electrons. The van der Waals surface area contributed by atoms with Crippen LogP contribution >= 0.6 is 0 Å². The van der Waals surface area contributed by atoms with Crippen molar-refractivity contribution in [2.45, 2.75) is 70.6 Å². The van der Waals surface area contributed by atoms with Gasteiger partial charge in [0.15, 0.2) is 5.78 Å². The molecule has 0 aliphatic carbocycles. The van der Waals surface area contributed by atoms with Crippen molar-refractivity contribution in [1.82, 2.24) is 15.1 Å². The Bertz CT molecular complexity index is 681. The average molecular weight is 425 g/mol. The number of nitrogens with one attached hydrogen (secondary N) is 1. The van der Waals surface area contributed by atoms with Crippen LogP contribution in [0.2, 0.25) is 0 Å². The lowest BCUT2D eigenvalue weighted by atomic mass is 10.1. The van der Waals surface area contributed by atoms with Crippen LogP contribution in [0.4, 0.5) is 0 Å². The summed E-state index contributed by atoms with van der Waals surface area (Å²) in [6, 6.07) is -1.15. The smallest absolute Gasteiger partial charge is 0.306 e. The monoisotopic (exact) mass is 425 g/mol. The molecule has 2 saturated heterocycles. The first-order chi connectivity index (χ1) is 14.3. The van der Waals surface area contributed by atoms with Gasteiger partial charge in [-0.25, -0.2) is 0 Å². The fourth-order valence-corrected chi connectivity index (χ4v) is 3.93. The molecule has 0 aromatic rings. The van der Waals surface area contributed by atoms with Crippen LogP contribution in [0.15, 0.2) is 0 Å². The summed E-state index contributed by atoms with van der Waals surface area (Å²) in [5.41, 5.74) is 0. The van der Waals surface area contributed by atoms with Gasteiger partial charge in [-0.2, -0.15) is 0 Å². The largest absolute Gasteiger partial charge is 0.481 e. The van der Waals surface area contributed by atoms with Gasteiger partial charge in [-0.3, -0.25) is 28.9 Å². The Balaban J connectivity index is 2.08. The van der Waals surface area contributed by atoms with Crippen molar-refractivity contribution < 1.29 is 33.8 Å². The van der Waals surface area contributed by atoms with Gasteiger partial charge in [0.05, 0.1) is 32.0 Å². The standard InChI is InChI=1S/C20H31N3O7/c1-3-13(24)11-21-19(28)16-10-14(30-18(27)8-7-17(25)26)12-23(16)20(29)15-6-5-9-22(15)4-2/h14-16H,3-12H2,1-2H3,(H,21,28)(H,25,26). The van der Waals surface area contributed by atoms with Crippen LogP contribution in [0.5, 0.6) is 0 Å². The Morgan fingerprint density at radius 2 is 1.83 bits per heavy atom. The molecule has 30 heavy (non-hydrogen) atoms. The maximum absolute atomic E-state index is 13.2. The number of esters is 1. The Morgan fingerprint density at radius 1 is 1.10 bits per heavy atom. The molecule has 2 amide bonds. The molecule has 2 N–H and O–H groups in total. The summed E-state index contributed by atoms with van der Waals surface area (Å²) in [5, 5.41) is 11.3. The molecular weight excluding hydrogens is 394 g/mol. The highest BCUT2D eigenvalue weighted by Gasteiger charge is 2.44. The number of amides is 2. The van der Waals surface area contributed by atoms with Crippen molar-refractivity contribution in [3.63, 3.8) is 0 Å². The molecule has 0 radical (unpaired) electrons. The number of ether oxygens (including phenoxy) is 1. The molecular formula is C20H31N3O7. The SMILES string of the molecule is CCC(=O)CNC(=O)C1CC(OC(=O)CCC(=O)O)CN1C(=O)C1CCCN1CC. The van der Waals surface area contributed by atoms with E-state index in [1.165, 1.54) is 4.90 Å². The minimum atomic E-state index is -1.10. The molecule has 2 heterocycles. The Labute approximate surface area is 175 Å². The van der Waals surface area contributed by atoms with Gasteiger partial charge < -0.3 is 20.1 Å². The van der Waals surface area contributed by atoms with E-state index >= 15 is 0 Å². The molecule has 0 aromatic heterocycles. The van der Waals surface area contributed by atoms with E-state index in [0.717, 1.165) is 19.5 Å². The highest BCUT2D eigenvalue weighted by Crippen LogP contribution is 2.26. The van der Waals surface area contributed by atoms with E-state index in [1.54, 1.807) is 6.92 Å². The number of Topliss-reactive ketones (excluding diaryl/α,β-unsaturated/α-hetero) is 1. The summed E-state index contributed by atoms with van der Waals surface area (Å²) in [6.07, 6.45) is 0.714. The van der Waals surface area contributed by atoms with Crippen LogP contribution in [-0.4, -0.2) is 88.8 Å². The number of aliphatic carboxylic acids is 1. The van der Waals surface area contributed by atoms with Crippen molar-refractivity contribution in [2.24, 2.45) is 0 Å². The predicted molar refractivity (Wildman–Crippen MR) is 105 cm³/mol. The zero-order valence-electron chi connectivity index (χ0n) is 17.6. The van der Waals surface area contributed by atoms with E-state index in [4.69, 9.17) is 9.84 Å². The molecule has 10 heteroatoms. The van der Waals surface area contributed by atoms with Crippen molar-refractivity contribution >= 4 is 29.5 Å². The van der Waals surface area contributed by atoms with Crippen LogP contribution in [0.3, 0.4) is 0 Å². The summed E-state index contributed by atoms with van der Waals surface area (Å²) >= 11 is 0. The normalized spacial score (nSPS) is 23.9. The third-order valence-corrected chi connectivity index (χ3v) is 5.60. The van der Waals surface area contributed by atoms with Crippen LogP contribution in [0, 0.1) is 0 Å². The molecule has 2 fully saturated rings. The fraction of sp³-hybridized carbons (Fsp3) is 0.750. The van der Waals surface area contributed by atoms with E-state index in [2.05, 4.69) is 10.2 Å². The number of nitrogens with zero attached hydrogens (tertiary/aromatic N) is 2. The van der Waals surface area contributed by atoms with Gasteiger partial charge in [0, 0.05) is 12.8 Å². The highest BCUT2D eigenvalue weighted by atomic mass is 16.5. The van der Waals surface area contributed by atoms with Gasteiger partial charge in [0.25, 0.3) is 0 Å². The van der Waals surface area contributed by atoms with Crippen molar-refractivity contribution in [3.05, 3.63) is 0 Å². The number of carbonyl (C=O) groups is 5. The number of carboxylic acids is 1. The molecule has 2 aliphatic rings. The first kappa shape index (κ1) is 23.8. The van der Waals surface area contributed by atoms with Crippen LogP contribution in [0.25, 0.3) is 0 Å². The number of hydrogen-bond acceptors (Lipinski definition) is 7. The minimum Gasteiger partial charge on any atom is -0.481 e. The maximum Gasteiger partial charge on any atom is 0.306 e. The summed E-state index contributed by atoms with van der Waals surface area (Å²) in [7, 11) is 0. The highest BCUT2D eigenvalue weighted by molar-refractivity contribution is 5.93. The molecule has 3 unspecified atom stereocenters. The number of likely N-dealkylation sites (N-methyl/N-ethyl adjacent to an activating group) is 1. The third-order valence-electron chi connectivity index (χ3n) is 5.60. The molecule has 0 bridgehead atoms. The maximum atomic E-state index is 13.2. The minimum absolute atomic E-state index is 0.0749. The van der Waals surface area contributed by atoms with Gasteiger partial charge >= 0.3 is 11.9 Å². The van der Waals surface area contributed by atoms with E-state index in [-0.39, 0.29) is 50.1 Å². The van der Waals surface area contributed by atoms with Gasteiger partial charge in [-0.05, 0) is 25.9 Å². The van der Waals surface area contributed by atoms with Crippen LogP contribution in [0.1, 0.15) is 52.4 Å². The first-order valence-electron chi connectivity index (χ1n) is 10.5. The van der Waals surface area contributed by atoms with E-state index in [1.807, 2.05) is 6.92 Å². The lowest BCUT2D eigenvalue weighted by Gasteiger charge is -2.30. The van der Waals surface area contributed by atoms with E-state index in [0.29, 0.717) is 12.8 Å². The molecule has 3 atom stereocenters. The zero-order chi connectivity index (χ0) is 22.3. The molecule has 0 spiro atoms. The van der Waals surface area contributed by atoms with Crippen molar-refractivity contribution in [1.29, 1.82) is 0 Å². The zero-order valence-corrected chi connectivity index (χ0v) is 17.6.